The molecule has 144 valence electrons. The van der Waals surface area contributed by atoms with Gasteiger partial charge in [-0.3, -0.25) is 5.32 Å². The van der Waals surface area contributed by atoms with Crippen molar-refractivity contribution in [3.8, 4) is 0 Å². The monoisotopic (exact) mass is 371 g/mol. The van der Waals surface area contributed by atoms with Gasteiger partial charge in [0.2, 0.25) is 0 Å². The Bertz CT molecular complexity index is 728. The summed E-state index contributed by atoms with van der Waals surface area (Å²) in [7, 11) is 0. The molecular formula is C21H25NO5. The number of hydrogen-bond donors (Lipinski definition) is 2. The molecule has 0 fully saturated rings. The van der Waals surface area contributed by atoms with Gasteiger partial charge < -0.3 is 14.6 Å². The molecule has 0 aliphatic heterocycles. The lowest BCUT2D eigenvalue weighted by molar-refractivity contribution is -0.153. The fourth-order valence-electron chi connectivity index (χ4n) is 2.52. The van der Waals surface area contributed by atoms with Crippen molar-refractivity contribution >= 4 is 17.7 Å². The highest BCUT2D eigenvalue weighted by Crippen LogP contribution is 2.12. The lowest BCUT2D eigenvalue weighted by atomic mass is 10.0. The summed E-state index contributed by atoms with van der Waals surface area (Å²) in [6, 6.07) is 16.7. The molecule has 1 unspecified atom stereocenters. The van der Waals surface area contributed by atoms with Crippen molar-refractivity contribution in [3.05, 3.63) is 65.7 Å². The third-order valence-electron chi connectivity index (χ3n) is 3.80. The van der Waals surface area contributed by atoms with Crippen LogP contribution in [-0.4, -0.2) is 36.0 Å². The Kier molecular flexibility index (Phi) is 7.82. The van der Waals surface area contributed by atoms with Gasteiger partial charge in [-0.25, -0.2) is 9.59 Å². The highest BCUT2D eigenvalue weighted by atomic mass is 16.5. The van der Waals surface area contributed by atoms with Gasteiger partial charge in [-0.05, 0) is 37.1 Å². The van der Waals surface area contributed by atoms with Crippen molar-refractivity contribution in [2.75, 3.05) is 11.9 Å². The van der Waals surface area contributed by atoms with Crippen molar-refractivity contribution in [1.82, 2.24) is 0 Å². The van der Waals surface area contributed by atoms with Gasteiger partial charge in [-0.2, -0.15) is 0 Å². The van der Waals surface area contributed by atoms with E-state index in [0.717, 1.165) is 11.1 Å². The van der Waals surface area contributed by atoms with Crippen molar-refractivity contribution in [1.29, 1.82) is 0 Å². The van der Waals surface area contributed by atoms with Crippen molar-refractivity contribution in [2.24, 2.45) is 0 Å². The van der Waals surface area contributed by atoms with Gasteiger partial charge in [0.25, 0.3) is 0 Å². The fraction of sp³-hybridized carbons (Fsp3) is 0.333. The van der Waals surface area contributed by atoms with E-state index in [1.165, 1.54) is 0 Å². The maximum Gasteiger partial charge on any atom is 0.411 e. The van der Waals surface area contributed by atoms with E-state index in [1.54, 1.807) is 12.1 Å². The number of carboxylic acids is 1. The summed E-state index contributed by atoms with van der Waals surface area (Å²) < 4.78 is 10.6. The van der Waals surface area contributed by atoms with Crippen LogP contribution in [0.25, 0.3) is 0 Å². The molecule has 0 radical (unpaired) electrons. The Balaban J connectivity index is 1.78. The van der Waals surface area contributed by atoms with Crippen LogP contribution in [0.4, 0.5) is 10.5 Å². The maximum absolute atomic E-state index is 11.7. The number of carboxylic acid groups (broad SMARTS) is 1. The molecule has 0 saturated carbocycles. The summed E-state index contributed by atoms with van der Waals surface area (Å²) in [6.07, 6.45) is -0.615. The lowest BCUT2D eigenvalue weighted by Crippen LogP contribution is -2.29. The van der Waals surface area contributed by atoms with E-state index >= 15 is 0 Å². The molecule has 0 aliphatic rings. The van der Waals surface area contributed by atoms with E-state index < -0.39 is 18.2 Å². The summed E-state index contributed by atoms with van der Waals surface area (Å²) >= 11 is 0. The second-order valence-corrected chi connectivity index (χ2v) is 6.41. The third kappa shape index (κ3) is 7.50. The zero-order valence-corrected chi connectivity index (χ0v) is 15.6. The van der Waals surface area contributed by atoms with Gasteiger partial charge in [0.15, 0.2) is 6.10 Å². The number of hydrogen-bond acceptors (Lipinski definition) is 4. The third-order valence-corrected chi connectivity index (χ3v) is 3.80. The molecule has 6 nitrogen and oxygen atoms in total. The van der Waals surface area contributed by atoms with Crippen LogP contribution in [0.2, 0.25) is 0 Å². The molecule has 0 bridgehead atoms. The molecule has 0 saturated heterocycles. The zero-order chi connectivity index (χ0) is 19.6. The molecule has 2 aromatic rings. The van der Waals surface area contributed by atoms with Crippen molar-refractivity contribution in [2.45, 2.75) is 38.9 Å². The Morgan fingerprint density at radius 2 is 1.63 bits per heavy atom. The molecule has 2 aromatic carbocycles. The minimum absolute atomic E-state index is 0.149. The Morgan fingerprint density at radius 3 is 2.22 bits per heavy atom. The van der Waals surface area contributed by atoms with Gasteiger partial charge in [0.05, 0.1) is 12.7 Å². The first-order valence-electron chi connectivity index (χ1n) is 8.89. The molecule has 27 heavy (non-hydrogen) atoms. The molecule has 2 rings (SSSR count). The molecule has 0 aliphatic carbocycles. The first-order valence-corrected chi connectivity index (χ1v) is 8.89. The molecule has 0 spiro atoms. The number of carbonyl (C=O) groups excluding carboxylic acids is 1. The van der Waals surface area contributed by atoms with Gasteiger partial charge >= 0.3 is 12.1 Å². The number of aliphatic carboxylic acids is 1. The Morgan fingerprint density at radius 1 is 1.00 bits per heavy atom. The normalized spacial score (nSPS) is 11.8. The predicted octanol–water partition coefficient (Wildman–Crippen LogP) is 3.90. The highest BCUT2D eigenvalue weighted by molar-refractivity contribution is 5.84. The van der Waals surface area contributed by atoms with E-state index in [9.17, 15) is 14.7 Å². The maximum atomic E-state index is 11.7. The van der Waals surface area contributed by atoms with E-state index in [4.69, 9.17) is 9.47 Å². The largest absolute Gasteiger partial charge is 0.479 e. The van der Waals surface area contributed by atoms with Crippen molar-refractivity contribution < 1.29 is 24.2 Å². The number of anilines is 1. The van der Waals surface area contributed by atoms with E-state index in [1.807, 2.05) is 56.3 Å². The fourth-order valence-corrected chi connectivity index (χ4v) is 2.52. The first-order chi connectivity index (χ1) is 12.9. The summed E-state index contributed by atoms with van der Waals surface area (Å²) in [5.74, 6) is -0.967. The number of nitrogens with one attached hydrogen (secondary N) is 1. The van der Waals surface area contributed by atoms with Crippen LogP contribution < -0.4 is 5.32 Å². The van der Waals surface area contributed by atoms with E-state index in [0.29, 0.717) is 18.5 Å². The summed E-state index contributed by atoms with van der Waals surface area (Å²) in [5.41, 5.74) is 2.57. The number of para-hydroxylation sites is 1. The van der Waals surface area contributed by atoms with Crippen LogP contribution in [0, 0.1) is 0 Å². The van der Waals surface area contributed by atoms with E-state index in [-0.39, 0.29) is 12.7 Å². The molecule has 0 heterocycles. The Hall–Kier alpha value is -2.86. The number of carbonyl (C=O) groups is 2. The van der Waals surface area contributed by atoms with Crippen molar-refractivity contribution in [3.63, 3.8) is 0 Å². The number of benzene rings is 2. The topological polar surface area (TPSA) is 84.9 Å². The van der Waals surface area contributed by atoms with Gasteiger partial charge in [0, 0.05) is 18.5 Å². The summed E-state index contributed by atoms with van der Waals surface area (Å²) in [5, 5.41) is 11.9. The summed E-state index contributed by atoms with van der Waals surface area (Å²) in [6.45, 7) is 3.88. The van der Waals surface area contributed by atoms with Crippen LogP contribution in [0.5, 0.6) is 0 Å². The minimum atomic E-state index is -0.967. The predicted molar refractivity (Wildman–Crippen MR) is 103 cm³/mol. The summed E-state index contributed by atoms with van der Waals surface area (Å²) in [4.78, 5) is 23.0. The average Bonchev–Trinajstić information content (AvgIpc) is 2.63. The Labute approximate surface area is 159 Å². The second-order valence-electron chi connectivity index (χ2n) is 6.41. The second kappa shape index (κ2) is 10.3. The van der Waals surface area contributed by atoms with Crippen LogP contribution >= 0.6 is 0 Å². The molecule has 0 aromatic heterocycles. The van der Waals surface area contributed by atoms with Gasteiger partial charge in [0.1, 0.15) is 0 Å². The standard InChI is InChI=1S/C21H25NO5/c1-15(2)27-19(20(23)24)14-17-10-8-16(9-11-17)12-13-26-21(25)22-18-6-4-3-5-7-18/h3-11,15,19H,12-14H2,1-2H3,(H,22,25)(H,23,24). The quantitative estimate of drug-likeness (QED) is 0.698. The van der Waals surface area contributed by atoms with Crippen LogP contribution in [0.3, 0.4) is 0 Å². The van der Waals surface area contributed by atoms with Crippen LogP contribution in [0.1, 0.15) is 25.0 Å². The van der Waals surface area contributed by atoms with Gasteiger partial charge in [-0.15, -0.1) is 0 Å². The average molecular weight is 371 g/mol. The number of ether oxygens (including phenoxy) is 2. The smallest absolute Gasteiger partial charge is 0.411 e. The first kappa shape index (κ1) is 20.5. The van der Waals surface area contributed by atoms with Gasteiger partial charge in [-0.1, -0.05) is 42.5 Å². The SMILES string of the molecule is CC(C)OC(Cc1ccc(CCOC(=O)Nc2ccccc2)cc1)C(=O)O. The zero-order valence-electron chi connectivity index (χ0n) is 15.6. The van der Waals surface area contributed by atoms with E-state index in [2.05, 4.69) is 5.32 Å². The highest BCUT2D eigenvalue weighted by Gasteiger charge is 2.19. The van der Waals surface area contributed by atoms with Crippen LogP contribution in [-0.2, 0) is 27.1 Å². The molecule has 1 atom stereocenters. The molecular weight excluding hydrogens is 346 g/mol. The molecule has 2 N–H and O–H groups in total. The molecule has 1 amide bonds. The number of amides is 1. The number of rotatable bonds is 9. The van der Waals surface area contributed by atoms with Crippen LogP contribution in [0.15, 0.2) is 54.6 Å². The minimum Gasteiger partial charge on any atom is -0.479 e. The lowest BCUT2D eigenvalue weighted by Gasteiger charge is -2.16. The molecule has 6 heteroatoms.